The summed E-state index contributed by atoms with van der Waals surface area (Å²) in [6, 6.07) is -1.12. The fourth-order valence-corrected chi connectivity index (χ4v) is 5.25. The van der Waals surface area contributed by atoms with Crippen molar-refractivity contribution in [3.05, 3.63) is 11.2 Å². The van der Waals surface area contributed by atoms with E-state index in [2.05, 4.69) is 5.10 Å². The summed E-state index contributed by atoms with van der Waals surface area (Å²) in [6.07, 6.45) is 2.49. The third-order valence-electron chi connectivity index (χ3n) is 3.86. The SMILES string of the molecule is Cn1ncc(Cl)c1S(=O)(=O)N1CCCC(C)(C)C1C(=O)O. The van der Waals surface area contributed by atoms with Gasteiger partial charge in [-0.25, -0.2) is 8.42 Å². The number of carboxylic acids is 1. The number of hydrogen-bond donors (Lipinski definition) is 1. The van der Waals surface area contributed by atoms with E-state index < -0.39 is 27.4 Å². The van der Waals surface area contributed by atoms with Crippen LogP contribution in [0, 0.1) is 5.41 Å². The van der Waals surface area contributed by atoms with E-state index in [0.717, 1.165) is 8.99 Å². The predicted molar refractivity (Wildman–Crippen MR) is 76.5 cm³/mol. The van der Waals surface area contributed by atoms with Gasteiger partial charge in [0.15, 0.2) is 5.03 Å². The number of halogens is 1. The van der Waals surface area contributed by atoms with Gasteiger partial charge in [-0.1, -0.05) is 25.4 Å². The number of hydrogen-bond acceptors (Lipinski definition) is 4. The maximum atomic E-state index is 12.8. The van der Waals surface area contributed by atoms with Gasteiger partial charge >= 0.3 is 5.97 Å². The second kappa shape index (κ2) is 5.26. The maximum Gasteiger partial charge on any atom is 0.322 e. The van der Waals surface area contributed by atoms with Crippen molar-refractivity contribution in [2.75, 3.05) is 6.54 Å². The average Bonchev–Trinajstić information content (AvgIpc) is 2.67. The number of aryl methyl sites for hydroxylation is 1. The summed E-state index contributed by atoms with van der Waals surface area (Å²) in [5, 5.41) is 13.1. The number of carbonyl (C=O) groups is 1. The van der Waals surface area contributed by atoms with Crippen LogP contribution in [0.25, 0.3) is 0 Å². The number of piperidine rings is 1. The van der Waals surface area contributed by atoms with Gasteiger partial charge in [0, 0.05) is 13.6 Å². The Morgan fingerprint density at radius 2 is 2.14 bits per heavy atom. The molecule has 1 N–H and O–H groups in total. The van der Waals surface area contributed by atoms with Gasteiger partial charge in [0.25, 0.3) is 10.0 Å². The van der Waals surface area contributed by atoms with Crippen molar-refractivity contribution in [2.24, 2.45) is 12.5 Å². The highest BCUT2D eigenvalue weighted by Crippen LogP contribution is 2.39. The van der Waals surface area contributed by atoms with E-state index in [-0.39, 0.29) is 16.6 Å². The van der Waals surface area contributed by atoms with E-state index in [0.29, 0.717) is 12.8 Å². The van der Waals surface area contributed by atoms with Gasteiger partial charge in [0.2, 0.25) is 0 Å². The molecule has 1 atom stereocenters. The molecule has 1 aromatic heterocycles. The van der Waals surface area contributed by atoms with Crippen LogP contribution in [0.4, 0.5) is 0 Å². The number of sulfonamides is 1. The Morgan fingerprint density at radius 1 is 1.52 bits per heavy atom. The van der Waals surface area contributed by atoms with Crippen molar-refractivity contribution in [1.29, 1.82) is 0 Å². The largest absolute Gasteiger partial charge is 0.480 e. The smallest absolute Gasteiger partial charge is 0.322 e. The molecule has 1 saturated heterocycles. The molecule has 0 saturated carbocycles. The lowest BCUT2D eigenvalue weighted by molar-refractivity contribution is -0.147. The van der Waals surface area contributed by atoms with E-state index in [9.17, 15) is 18.3 Å². The van der Waals surface area contributed by atoms with Crippen molar-refractivity contribution >= 4 is 27.6 Å². The number of aliphatic carboxylic acids is 1. The van der Waals surface area contributed by atoms with E-state index in [1.165, 1.54) is 13.2 Å². The minimum absolute atomic E-state index is 0.00924. The lowest BCUT2D eigenvalue weighted by Crippen LogP contribution is -2.56. The Morgan fingerprint density at radius 3 is 2.62 bits per heavy atom. The second-order valence-electron chi connectivity index (χ2n) is 5.87. The number of aromatic nitrogens is 2. The first-order valence-corrected chi connectivity index (χ1v) is 8.33. The average molecular weight is 336 g/mol. The predicted octanol–water partition coefficient (Wildman–Crippen LogP) is 1.34. The standard InChI is InChI=1S/C12H18ClN3O4S/c1-12(2)5-4-6-16(9(12)11(17)18)21(19,20)10-8(13)7-14-15(10)3/h7,9H,4-6H2,1-3H3,(H,17,18). The third kappa shape index (κ3) is 2.67. The molecule has 7 nitrogen and oxygen atoms in total. The molecule has 1 aromatic rings. The fraction of sp³-hybridized carbons (Fsp3) is 0.667. The van der Waals surface area contributed by atoms with Gasteiger partial charge < -0.3 is 5.11 Å². The Kier molecular flexibility index (Phi) is 4.07. The van der Waals surface area contributed by atoms with Crippen LogP contribution >= 0.6 is 11.6 Å². The first-order chi connectivity index (χ1) is 9.59. The van der Waals surface area contributed by atoms with Crippen molar-refractivity contribution < 1.29 is 18.3 Å². The van der Waals surface area contributed by atoms with Crippen molar-refractivity contribution in [3.8, 4) is 0 Å². The van der Waals surface area contributed by atoms with Gasteiger partial charge in [0.1, 0.15) is 6.04 Å². The zero-order chi connectivity index (χ0) is 16.0. The van der Waals surface area contributed by atoms with Crippen molar-refractivity contribution in [2.45, 2.75) is 37.8 Å². The van der Waals surface area contributed by atoms with Gasteiger partial charge in [-0.3, -0.25) is 9.48 Å². The molecule has 0 radical (unpaired) electrons. The summed E-state index contributed by atoms with van der Waals surface area (Å²) >= 11 is 5.91. The second-order valence-corrected chi connectivity index (χ2v) is 8.08. The molecule has 0 aromatic carbocycles. The van der Waals surface area contributed by atoms with Crippen LogP contribution in [0.3, 0.4) is 0 Å². The first-order valence-electron chi connectivity index (χ1n) is 6.51. The van der Waals surface area contributed by atoms with Gasteiger partial charge in [0.05, 0.1) is 11.2 Å². The molecule has 2 heterocycles. The zero-order valence-electron chi connectivity index (χ0n) is 12.1. The van der Waals surface area contributed by atoms with Crippen LogP contribution in [-0.2, 0) is 21.9 Å². The molecule has 1 unspecified atom stereocenters. The molecule has 9 heteroatoms. The highest BCUT2D eigenvalue weighted by Gasteiger charge is 2.48. The lowest BCUT2D eigenvalue weighted by atomic mass is 9.77. The molecule has 0 aliphatic carbocycles. The van der Waals surface area contributed by atoms with Crippen LogP contribution in [-0.4, -0.2) is 46.2 Å². The Bertz CT molecular complexity index is 649. The first kappa shape index (κ1) is 16.3. The normalized spacial score (nSPS) is 23.1. The monoisotopic (exact) mass is 335 g/mol. The molecule has 1 fully saturated rings. The third-order valence-corrected chi connectivity index (χ3v) is 6.23. The highest BCUT2D eigenvalue weighted by atomic mass is 35.5. The van der Waals surface area contributed by atoms with Gasteiger partial charge in [-0.05, 0) is 18.3 Å². The molecule has 2 rings (SSSR count). The van der Waals surface area contributed by atoms with Crippen LogP contribution in [0.5, 0.6) is 0 Å². The van der Waals surface area contributed by atoms with E-state index in [1.807, 2.05) is 0 Å². The molecule has 21 heavy (non-hydrogen) atoms. The van der Waals surface area contributed by atoms with E-state index in [1.54, 1.807) is 13.8 Å². The molecule has 0 amide bonds. The molecule has 0 bridgehead atoms. The maximum absolute atomic E-state index is 12.8. The molecule has 1 aliphatic rings. The van der Waals surface area contributed by atoms with Crippen LogP contribution in [0.15, 0.2) is 11.2 Å². The van der Waals surface area contributed by atoms with Crippen molar-refractivity contribution in [3.63, 3.8) is 0 Å². The zero-order valence-corrected chi connectivity index (χ0v) is 13.6. The van der Waals surface area contributed by atoms with E-state index >= 15 is 0 Å². The Labute approximate surface area is 128 Å². The molecule has 1 aliphatic heterocycles. The number of nitrogens with zero attached hydrogens (tertiary/aromatic N) is 3. The fourth-order valence-electron chi connectivity index (χ4n) is 2.86. The van der Waals surface area contributed by atoms with Gasteiger partial charge in [-0.15, -0.1) is 0 Å². The van der Waals surface area contributed by atoms with Crippen molar-refractivity contribution in [1.82, 2.24) is 14.1 Å². The molecule has 0 spiro atoms. The van der Waals surface area contributed by atoms with Crippen LogP contribution in [0.2, 0.25) is 5.02 Å². The minimum Gasteiger partial charge on any atom is -0.480 e. The number of rotatable bonds is 3. The Balaban J connectivity index is 2.55. The summed E-state index contributed by atoms with van der Waals surface area (Å²) in [6.45, 7) is 3.68. The summed E-state index contributed by atoms with van der Waals surface area (Å²) in [7, 11) is -2.56. The van der Waals surface area contributed by atoms with Crippen LogP contribution in [0.1, 0.15) is 26.7 Å². The minimum atomic E-state index is -4.02. The van der Waals surface area contributed by atoms with E-state index in [4.69, 9.17) is 11.6 Å². The lowest BCUT2D eigenvalue weighted by Gasteiger charge is -2.42. The quantitative estimate of drug-likeness (QED) is 0.899. The Hall–Kier alpha value is -1.12. The molecular formula is C12H18ClN3O4S. The summed E-state index contributed by atoms with van der Waals surface area (Å²) in [4.78, 5) is 11.6. The molecular weight excluding hydrogens is 318 g/mol. The molecule has 118 valence electrons. The summed E-state index contributed by atoms with van der Waals surface area (Å²) in [5.41, 5.74) is -0.651. The van der Waals surface area contributed by atoms with Gasteiger partial charge in [-0.2, -0.15) is 9.40 Å². The topological polar surface area (TPSA) is 92.5 Å². The highest BCUT2D eigenvalue weighted by molar-refractivity contribution is 7.89. The van der Waals surface area contributed by atoms with Crippen LogP contribution < -0.4 is 0 Å². The number of carboxylic acid groups (broad SMARTS) is 1. The summed E-state index contributed by atoms with van der Waals surface area (Å²) in [5.74, 6) is -1.15. The summed E-state index contributed by atoms with van der Waals surface area (Å²) < 4.78 is 27.8.